The Balaban J connectivity index is 2.48. The van der Waals surface area contributed by atoms with Crippen molar-refractivity contribution in [1.82, 2.24) is 0 Å². The van der Waals surface area contributed by atoms with Gasteiger partial charge in [0, 0.05) is 0 Å². The summed E-state index contributed by atoms with van der Waals surface area (Å²) in [6, 6.07) is 9.44. The molecule has 2 heteroatoms. The molecule has 0 saturated heterocycles. The van der Waals surface area contributed by atoms with Crippen LogP contribution in [0, 0.1) is 5.92 Å². The second kappa shape index (κ2) is 4.52. The molecule has 2 rings (SSSR count). The zero-order chi connectivity index (χ0) is 11.5. The number of hydrogen-bond donors (Lipinski definition) is 1. The van der Waals surface area contributed by atoms with Gasteiger partial charge in [-0.2, -0.15) is 0 Å². The highest BCUT2D eigenvalue weighted by Crippen LogP contribution is 2.41. The summed E-state index contributed by atoms with van der Waals surface area (Å²) in [5.74, 6) is -0.286. The quantitative estimate of drug-likeness (QED) is 0.784. The molecule has 0 aliphatic heterocycles. The van der Waals surface area contributed by atoms with Crippen LogP contribution in [0.2, 0.25) is 0 Å². The van der Waals surface area contributed by atoms with Crippen LogP contribution in [-0.4, -0.2) is 11.1 Å². The Morgan fingerprint density at radius 1 is 1.31 bits per heavy atom. The molecule has 0 heterocycles. The molecule has 0 unspecified atom stereocenters. The van der Waals surface area contributed by atoms with Crippen molar-refractivity contribution in [2.24, 2.45) is 5.92 Å². The SMILES string of the molecule is CC/C(=C(\C(=O)O)c1ccccc1)C1CC1. The van der Waals surface area contributed by atoms with Crippen molar-refractivity contribution >= 4 is 11.5 Å². The molecule has 1 aliphatic rings. The van der Waals surface area contributed by atoms with Crippen molar-refractivity contribution in [2.45, 2.75) is 26.2 Å². The van der Waals surface area contributed by atoms with E-state index in [1.165, 1.54) is 0 Å². The maximum atomic E-state index is 11.4. The number of allylic oxidation sites excluding steroid dienone is 1. The number of rotatable bonds is 4. The molecule has 0 aromatic heterocycles. The van der Waals surface area contributed by atoms with Gasteiger partial charge in [0.05, 0.1) is 5.57 Å². The molecule has 0 atom stereocenters. The molecule has 0 bridgehead atoms. The van der Waals surface area contributed by atoms with Crippen molar-refractivity contribution in [3.05, 3.63) is 41.5 Å². The Labute approximate surface area is 95.6 Å². The third kappa shape index (κ3) is 2.16. The average molecular weight is 216 g/mol. The molecule has 1 aromatic carbocycles. The first kappa shape index (κ1) is 10.9. The first-order valence-corrected chi connectivity index (χ1v) is 5.75. The Bertz CT molecular complexity index is 414. The fourth-order valence-electron chi connectivity index (χ4n) is 2.15. The van der Waals surface area contributed by atoms with Gasteiger partial charge >= 0.3 is 5.97 Å². The smallest absolute Gasteiger partial charge is 0.336 e. The molecule has 0 spiro atoms. The van der Waals surface area contributed by atoms with E-state index in [1.54, 1.807) is 0 Å². The summed E-state index contributed by atoms with van der Waals surface area (Å²) in [6.07, 6.45) is 3.13. The second-order valence-corrected chi connectivity index (χ2v) is 4.20. The first-order chi connectivity index (χ1) is 7.74. The number of benzene rings is 1. The highest BCUT2D eigenvalue weighted by Gasteiger charge is 2.29. The monoisotopic (exact) mass is 216 g/mol. The van der Waals surface area contributed by atoms with Gasteiger partial charge in [0.1, 0.15) is 0 Å². The Kier molecular flexibility index (Phi) is 3.09. The largest absolute Gasteiger partial charge is 0.478 e. The lowest BCUT2D eigenvalue weighted by atomic mass is 9.95. The summed E-state index contributed by atoms with van der Waals surface area (Å²) in [7, 11) is 0. The van der Waals surface area contributed by atoms with Crippen molar-refractivity contribution in [3.8, 4) is 0 Å². The maximum absolute atomic E-state index is 11.4. The van der Waals surface area contributed by atoms with Crippen molar-refractivity contribution in [1.29, 1.82) is 0 Å². The number of hydrogen-bond acceptors (Lipinski definition) is 1. The van der Waals surface area contributed by atoms with Crippen LogP contribution in [-0.2, 0) is 4.79 Å². The zero-order valence-corrected chi connectivity index (χ0v) is 9.44. The van der Waals surface area contributed by atoms with Gasteiger partial charge in [0.15, 0.2) is 0 Å². The fraction of sp³-hybridized carbons (Fsp3) is 0.357. The van der Waals surface area contributed by atoms with E-state index in [9.17, 15) is 9.90 Å². The summed E-state index contributed by atoms with van der Waals surface area (Å²) in [4.78, 5) is 11.4. The molecule has 2 nitrogen and oxygen atoms in total. The maximum Gasteiger partial charge on any atom is 0.336 e. The van der Waals surface area contributed by atoms with Gasteiger partial charge in [-0.3, -0.25) is 0 Å². The van der Waals surface area contributed by atoms with Crippen LogP contribution in [0.4, 0.5) is 0 Å². The lowest BCUT2D eigenvalue weighted by Crippen LogP contribution is -2.04. The van der Waals surface area contributed by atoms with Crippen LogP contribution >= 0.6 is 0 Å². The standard InChI is InChI=1S/C14H16O2/c1-2-12(10-8-9-10)13(14(15)16)11-6-4-3-5-7-11/h3-7,10H,2,8-9H2,1H3,(H,15,16)/b13-12+. The van der Waals surface area contributed by atoms with E-state index in [0.717, 1.165) is 30.4 Å². The lowest BCUT2D eigenvalue weighted by Gasteiger charge is -2.10. The van der Waals surface area contributed by atoms with Gasteiger partial charge < -0.3 is 5.11 Å². The Hall–Kier alpha value is -1.57. The summed E-state index contributed by atoms with van der Waals surface area (Å²) in [6.45, 7) is 2.04. The van der Waals surface area contributed by atoms with Crippen LogP contribution in [0.25, 0.3) is 5.57 Å². The topological polar surface area (TPSA) is 37.3 Å². The van der Waals surface area contributed by atoms with Crippen LogP contribution in [0.3, 0.4) is 0 Å². The number of aliphatic carboxylic acids is 1. The Morgan fingerprint density at radius 3 is 2.38 bits per heavy atom. The summed E-state index contributed by atoms with van der Waals surface area (Å²) >= 11 is 0. The van der Waals surface area contributed by atoms with Crippen LogP contribution in [0.5, 0.6) is 0 Å². The predicted octanol–water partition coefficient (Wildman–Crippen LogP) is 3.34. The molecule has 16 heavy (non-hydrogen) atoms. The summed E-state index contributed by atoms with van der Waals surface area (Å²) in [5.41, 5.74) is 2.46. The average Bonchev–Trinajstić information content (AvgIpc) is 3.10. The van der Waals surface area contributed by atoms with E-state index in [1.807, 2.05) is 37.3 Å². The highest BCUT2D eigenvalue weighted by atomic mass is 16.4. The molecule has 1 saturated carbocycles. The van der Waals surface area contributed by atoms with Gasteiger partial charge in [0.25, 0.3) is 0 Å². The number of carbonyl (C=O) groups is 1. The van der Waals surface area contributed by atoms with E-state index < -0.39 is 5.97 Å². The molecule has 0 radical (unpaired) electrons. The molecule has 1 aromatic rings. The van der Waals surface area contributed by atoms with Crippen LogP contribution in [0.1, 0.15) is 31.7 Å². The number of carboxylic acids is 1. The third-order valence-electron chi connectivity index (χ3n) is 3.05. The molecular formula is C14H16O2. The first-order valence-electron chi connectivity index (χ1n) is 5.75. The lowest BCUT2D eigenvalue weighted by molar-refractivity contribution is -0.130. The predicted molar refractivity (Wildman–Crippen MR) is 64.0 cm³/mol. The van der Waals surface area contributed by atoms with E-state index in [2.05, 4.69) is 0 Å². The van der Waals surface area contributed by atoms with Gasteiger partial charge in [-0.05, 0) is 30.7 Å². The highest BCUT2D eigenvalue weighted by molar-refractivity contribution is 6.16. The van der Waals surface area contributed by atoms with Gasteiger partial charge in [-0.1, -0.05) is 42.8 Å². The second-order valence-electron chi connectivity index (χ2n) is 4.20. The van der Waals surface area contributed by atoms with E-state index in [4.69, 9.17) is 0 Å². The van der Waals surface area contributed by atoms with Gasteiger partial charge in [-0.15, -0.1) is 0 Å². The van der Waals surface area contributed by atoms with Crippen molar-refractivity contribution < 1.29 is 9.90 Å². The molecule has 1 N–H and O–H groups in total. The zero-order valence-electron chi connectivity index (χ0n) is 9.44. The Morgan fingerprint density at radius 2 is 1.94 bits per heavy atom. The molecule has 1 fully saturated rings. The summed E-state index contributed by atoms with van der Waals surface area (Å²) in [5, 5.41) is 9.35. The van der Waals surface area contributed by atoms with Gasteiger partial charge in [-0.25, -0.2) is 4.79 Å². The molecule has 0 amide bonds. The van der Waals surface area contributed by atoms with Crippen LogP contribution in [0.15, 0.2) is 35.9 Å². The molecular weight excluding hydrogens is 200 g/mol. The molecule has 84 valence electrons. The van der Waals surface area contributed by atoms with Crippen molar-refractivity contribution in [2.75, 3.05) is 0 Å². The fourth-order valence-corrected chi connectivity index (χ4v) is 2.15. The minimum Gasteiger partial charge on any atom is -0.478 e. The van der Waals surface area contributed by atoms with Crippen LogP contribution < -0.4 is 0 Å². The minimum absolute atomic E-state index is 0.510. The van der Waals surface area contributed by atoms with E-state index in [-0.39, 0.29) is 0 Å². The molecule has 1 aliphatic carbocycles. The minimum atomic E-state index is -0.796. The summed E-state index contributed by atoms with van der Waals surface area (Å²) < 4.78 is 0. The number of carboxylic acid groups (broad SMARTS) is 1. The van der Waals surface area contributed by atoms with E-state index >= 15 is 0 Å². The van der Waals surface area contributed by atoms with Gasteiger partial charge in [0.2, 0.25) is 0 Å². The van der Waals surface area contributed by atoms with E-state index in [0.29, 0.717) is 11.5 Å². The normalized spacial score (nSPS) is 16.8. The van der Waals surface area contributed by atoms with Crippen molar-refractivity contribution in [3.63, 3.8) is 0 Å². The third-order valence-corrected chi connectivity index (χ3v) is 3.05.